The van der Waals surface area contributed by atoms with E-state index in [2.05, 4.69) is 25.3 Å². The highest BCUT2D eigenvalue weighted by atomic mass is 32.1. The Morgan fingerprint density at radius 3 is 2.38 bits per heavy atom. The van der Waals surface area contributed by atoms with Gasteiger partial charge in [0.05, 0.1) is 13.2 Å². The van der Waals surface area contributed by atoms with Crippen LogP contribution in [-0.2, 0) is 24.4 Å². The molecule has 0 saturated heterocycles. The van der Waals surface area contributed by atoms with Crippen molar-refractivity contribution in [1.82, 2.24) is 15.6 Å². The second-order valence-corrected chi connectivity index (χ2v) is 6.89. The van der Waals surface area contributed by atoms with E-state index in [-0.39, 0.29) is 6.61 Å². The molecular weight excluding hydrogens is 365 g/mol. The molecule has 26 heavy (non-hydrogen) atoms. The summed E-state index contributed by atoms with van der Waals surface area (Å²) in [5.74, 6) is 0.649. The molecule has 2 N–H and O–H groups in total. The number of aromatic nitrogens is 1. The van der Waals surface area contributed by atoms with Crippen molar-refractivity contribution in [2.24, 2.45) is 4.99 Å². The third-order valence-electron chi connectivity index (χ3n) is 3.32. The highest BCUT2D eigenvalue weighted by Gasteiger charge is 2.27. The van der Waals surface area contributed by atoms with Crippen LogP contribution in [0, 0.1) is 6.92 Å². The van der Waals surface area contributed by atoms with Gasteiger partial charge in [0.25, 0.3) is 0 Å². The van der Waals surface area contributed by atoms with E-state index in [1.54, 1.807) is 30.5 Å². The average Bonchev–Trinajstić information content (AvgIpc) is 3.00. The summed E-state index contributed by atoms with van der Waals surface area (Å²) >= 11 is 1.63. The van der Waals surface area contributed by atoms with E-state index in [0.29, 0.717) is 24.6 Å². The normalized spacial score (nSPS) is 12.3. The second kappa shape index (κ2) is 9.54. The van der Waals surface area contributed by atoms with Gasteiger partial charge in [-0.25, -0.2) is 4.98 Å². The summed E-state index contributed by atoms with van der Waals surface area (Å²) in [5, 5.41) is 7.34. The lowest BCUT2D eigenvalue weighted by Crippen LogP contribution is -2.36. The molecular formula is C17H21F3N4OS. The summed E-state index contributed by atoms with van der Waals surface area (Å²) in [6.07, 6.45) is -2.47. The van der Waals surface area contributed by atoms with Crippen LogP contribution < -0.4 is 10.6 Å². The Morgan fingerprint density at radius 1 is 1.15 bits per heavy atom. The lowest BCUT2D eigenvalue weighted by atomic mass is 10.1. The van der Waals surface area contributed by atoms with Crippen LogP contribution in [0.2, 0.25) is 0 Å². The van der Waals surface area contributed by atoms with E-state index in [0.717, 1.165) is 15.4 Å². The first-order valence-electron chi connectivity index (χ1n) is 7.94. The van der Waals surface area contributed by atoms with Crippen LogP contribution in [-0.4, -0.2) is 30.8 Å². The lowest BCUT2D eigenvalue weighted by molar-refractivity contribution is -0.176. The number of nitrogens with one attached hydrogen (secondary N) is 2. The summed E-state index contributed by atoms with van der Waals surface area (Å²) < 4.78 is 40.8. The average molecular weight is 386 g/mol. The van der Waals surface area contributed by atoms with E-state index in [4.69, 9.17) is 0 Å². The minimum atomic E-state index is -4.30. The SMILES string of the molecule is CN=C(NCc1ccc(COCC(F)(F)F)cc1)NCc1ncc(C)s1. The van der Waals surface area contributed by atoms with Gasteiger partial charge in [0, 0.05) is 24.7 Å². The molecule has 9 heteroatoms. The number of ether oxygens (including phenoxy) is 1. The zero-order valence-electron chi connectivity index (χ0n) is 14.6. The first kappa shape index (κ1) is 20.2. The van der Waals surface area contributed by atoms with Crippen molar-refractivity contribution >= 4 is 17.3 Å². The standard InChI is InChI=1S/C17H21F3N4OS/c1-12-7-22-15(26-12)9-24-16(21-2)23-8-13-3-5-14(6-4-13)10-25-11-17(18,19)20/h3-7H,8-11H2,1-2H3,(H2,21,23,24). The number of aryl methyl sites for hydroxylation is 1. The number of aliphatic imine (C=N–C) groups is 1. The Bertz CT molecular complexity index is 714. The maximum atomic E-state index is 12.1. The zero-order chi connectivity index (χ0) is 19.0. The molecule has 2 rings (SSSR count). The molecule has 0 atom stereocenters. The minimum absolute atomic E-state index is 0.0658. The molecule has 142 valence electrons. The molecule has 0 amide bonds. The number of alkyl halides is 3. The van der Waals surface area contributed by atoms with Gasteiger partial charge in [-0.1, -0.05) is 24.3 Å². The van der Waals surface area contributed by atoms with Crippen molar-refractivity contribution in [3.8, 4) is 0 Å². The van der Waals surface area contributed by atoms with Gasteiger partial charge in [0.2, 0.25) is 0 Å². The van der Waals surface area contributed by atoms with Crippen molar-refractivity contribution in [2.45, 2.75) is 32.8 Å². The van der Waals surface area contributed by atoms with Crippen molar-refractivity contribution in [3.63, 3.8) is 0 Å². The van der Waals surface area contributed by atoms with Crippen LogP contribution >= 0.6 is 11.3 Å². The molecule has 0 unspecified atom stereocenters. The van der Waals surface area contributed by atoms with Gasteiger partial charge in [-0.15, -0.1) is 11.3 Å². The lowest BCUT2D eigenvalue weighted by Gasteiger charge is -2.11. The Morgan fingerprint density at radius 2 is 1.81 bits per heavy atom. The summed E-state index contributed by atoms with van der Waals surface area (Å²) in [7, 11) is 1.68. The minimum Gasteiger partial charge on any atom is -0.367 e. The summed E-state index contributed by atoms with van der Waals surface area (Å²) in [6, 6.07) is 7.19. The molecule has 1 aromatic heterocycles. The topological polar surface area (TPSA) is 58.5 Å². The van der Waals surface area contributed by atoms with Gasteiger partial charge < -0.3 is 15.4 Å². The van der Waals surface area contributed by atoms with Crippen molar-refractivity contribution in [3.05, 3.63) is 51.5 Å². The quantitative estimate of drug-likeness (QED) is 0.566. The highest BCUT2D eigenvalue weighted by Crippen LogP contribution is 2.16. The molecule has 1 heterocycles. The van der Waals surface area contributed by atoms with Crippen LogP contribution in [0.5, 0.6) is 0 Å². The first-order chi connectivity index (χ1) is 12.4. The fourth-order valence-corrected chi connectivity index (χ4v) is 2.81. The number of benzene rings is 1. The molecule has 0 aliphatic rings. The third kappa shape index (κ3) is 7.40. The predicted octanol–water partition coefficient (Wildman–Crippen LogP) is 3.40. The van der Waals surface area contributed by atoms with Gasteiger partial charge in [-0.3, -0.25) is 4.99 Å². The van der Waals surface area contributed by atoms with Crippen LogP contribution in [0.4, 0.5) is 13.2 Å². The molecule has 0 spiro atoms. The highest BCUT2D eigenvalue weighted by molar-refractivity contribution is 7.11. The van der Waals surface area contributed by atoms with Crippen LogP contribution in [0.25, 0.3) is 0 Å². The number of nitrogens with zero attached hydrogens (tertiary/aromatic N) is 2. The molecule has 0 saturated carbocycles. The van der Waals surface area contributed by atoms with Crippen molar-refractivity contribution in [1.29, 1.82) is 0 Å². The number of halogens is 3. The molecule has 1 aromatic carbocycles. The smallest absolute Gasteiger partial charge is 0.367 e. The van der Waals surface area contributed by atoms with Crippen LogP contribution in [0.15, 0.2) is 35.5 Å². The third-order valence-corrected chi connectivity index (χ3v) is 4.23. The Kier molecular flexibility index (Phi) is 7.40. The maximum absolute atomic E-state index is 12.1. The number of rotatable bonds is 7. The van der Waals surface area contributed by atoms with E-state index >= 15 is 0 Å². The Hall–Kier alpha value is -2.13. The molecule has 0 aliphatic heterocycles. The number of thiazole rings is 1. The van der Waals surface area contributed by atoms with Gasteiger partial charge in [0.1, 0.15) is 11.6 Å². The number of guanidine groups is 1. The number of hydrogen-bond donors (Lipinski definition) is 2. The maximum Gasteiger partial charge on any atom is 0.411 e. The molecule has 0 fully saturated rings. The molecule has 0 bridgehead atoms. The molecule has 5 nitrogen and oxygen atoms in total. The molecule has 0 aliphatic carbocycles. The van der Waals surface area contributed by atoms with Crippen molar-refractivity contribution < 1.29 is 17.9 Å². The van der Waals surface area contributed by atoms with Crippen molar-refractivity contribution in [2.75, 3.05) is 13.7 Å². The fraction of sp³-hybridized carbons (Fsp3) is 0.412. The van der Waals surface area contributed by atoms with E-state index < -0.39 is 12.8 Å². The van der Waals surface area contributed by atoms with E-state index in [1.807, 2.05) is 25.3 Å². The summed E-state index contributed by atoms with van der Waals surface area (Å²) in [5.41, 5.74) is 1.68. The second-order valence-electron chi connectivity index (χ2n) is 5.57. The predicted molar refractivity (Wildman–Crippen MR) is 96.0 cm³/mol. The summed E-state index contributed by atoms with van der Waals surface area (Å²) in [6.45, 7) is 1.83. The zero-order valence-corrected chi connectivity index (χ0v) is 15.4. The van der Waals surface area contributed by atoms with Gasteiger partial charge >= 0.3 is 6.18 Å². The van der Waals surface area contributed by atoms with Gasteiger partial charge in [0.15, 0.2) is 5.96 Å². The summed E-state index contributed by atoms with van der Waals surface area (Å²) in [4.78, 5) is 9.59. The van der Waals surface area contributed by atoms with Crippen LogP contribution in [0.3, 0.4) is 0 Å². The van der Waals surface area contributed by atoms with Gasteiger partial charge in [-0.2, -0.15) is 13.2 Å². The largest absolute Gasteiger partial charge is 0.411 e. The van der Waals surface area contributed by atoms with Crippen LogP contribution in [0.1, 0.15) is 21.0 Å². The van der Waals surface area contributed by atoms with Gasteiger partial charge in [-0.05, 0) is 18.1 Å². The molecule has 2 aromatic rings. The molecule has 0 radical (unpaired) electrons. The Labute approximate surface area is 154 Å². The first-order valence-corrected chi connectivity index (χ1v) is 8.75. The number of hydrogen-bond acceptors (Lipinski definition) is 4. The van der Waals surface area contributed by atoms with E-state index in [1.165, 1.54) is 0 Å². The Balaban J connectivity index is 1.75. The monoisotopic (exact) mass is 386 g/mol. The fourth-order valence-electron chi connectivity index (χ4n) is 2.09. The van der Waals surface area contributed by atoms with E-state index in [9.17, 15) is 13.2 Å².